The van der Waals surface area contributed by atoms with Gasteiger partial charge in [-0.3, -0.25) is 4.79 Å². The first-order chi connectivity index (χ1) is 9.45. The van der Waals surface area contributed by atoms with Crippen LogP contribution in [0.3, 0.4) is 0 Å². The van der Waals surface area contributed by atoms with E-state index in [0.717, 1.165) is 16.8 Å². The van der Waals surface area contributed by atoms with Gasteiger partial charge in [-0.1, -0.05) is 12.1 Å². The minimum Gasteiger partial charge on any atom is -0.399 e. The van der Waals surface area contributed by atoms with Crippen LogP contribution in [-0.4, -0.2) is 5.91 Å². The lowest BCUT2D eigenvalue weighted by molar-refractivity contribution is -0.115. The van der Waals surface area contributed by atoms with Gasteiger partial charge in [0.25, 0.3) is 0 Å². The third kappa shape index (κ3) is 3.35. The van der Waals surface area contributed by atoms with Crippen molar-refractivity contribution in [1.29, 1.82) is 0 Å². The molecule has 0 saturated heterocycles. The summed E-state index contributed by atoms with van der Waals surface area (Å²) in [4.78, 5) is 12.0. The second-order valence-corrected chi connectivity index (χ2v) is 4.88. The van der Waals surface area contributed by atoms with E-state index in [-0.39, 0.29) is 18.1 Å². The zero-order valence-electron chi connectivity index (χ0n) is 11.5. The highest BCUT2D eigenvalue weighted by atomic mass is 19.1. The molecule has 3 N–H and O–H groups in total. The Balaban J connectivity index is 2.10. The first kappa shape index (κ1) is 14.1. The summed E-state index contributed by atoms with van der Waals surface area (Å²) in [5, 5.41) is 2.83. The molecule has 2 aromatic rings. The smallest absolute Gasteiger partial charge is 0.228 e. The number of carbonyl (C=O) groups excluding carboxylic acids is 1. The molecule has 20 heavy (non-hydrogen) atoms. The maximum atomic E-state index is 13.1. The predicted octanol–water partition coefficient (Wildman–Crippen LogP) is 3.21. The Morgan fingerprint density at radius 2 is 1.95 bits per heavy atom. The van der Waals surface area contributed by atoms with Crippen LogP contribution < -0.4 is 11.1 Å². The van der Waals surface area contributed by atoms with E-state index in [1.165, 1.54) is 12.1 Å². The molecule has 2 rings (SSSR count). The van der Waals surface area contributed by atoms with Crippen molar-refractivity contribution in [3.05, 3.63) is 58.9 Å². The van der Waals surface area contributed by atoms with Crippen molar-refractivity contribution < 1.29 is 9.18 Å². The van der Waals surface area contributed by atoms with Crippen LogP contribution in [0, 0.1) is 19.7 Å². The Morgan fingerprint density at radius 1 is 1.20 bits per heavy atom. The monoisotopic (exact) mass is 272 g/mol. The van der Waals surface area contributed by atoms with Crippen molar-refractivity contribution in [1.82, 2.24) is 0 Å². The lowest BCUT2D eigenvalue weighted by Gasteiger charge is -2.11. The molecule has 0 unspecified atom stereocenters. The van der Waals surface area contributed by atoms with E-state index in [1.54, 1.807) is 12.1 Å². The molecule has 0 aliphatic heterocycles. The van der Waals surface area contributed by atoms with Gasteiger partial charge in [-0.05, 0) is 54.8 Å². The molecule has 0 radical (unpaired) electrons. The van der Waals surface area contributed by atoms with Crippen LogP contribution in [0.15, 0.2) is 36.4 Å². The minimum absolute atomic E-state index is 0.140. The standard InChI is InChI=1S/C16H17FN2O/c1-10-7-15(11(2)6-14(10)18)19-16(20)9-12-4-3-5-13(17)8-12/h3-8H,9,18H2,1-2H3,(H,19,20). The average molecular weight is 272 g/mol. The van der Waals surface area contributed by atoms with Crippen LogP contribution in [0.5, 0.6) is 0 Å². The molecule has 4 heteroatoms. The molecular weight excluding hydrogens is 255 g/mol. The molecule has 0 spiro atoms. The quantitative estimate of drug-likeness (QED) is 0.843. The van der Waals surface area contributed by atoms with E-state index in [9.17, 15) is 9.18 Å². The molecular formula is C16H17FN2O. The third-order valence-corrected chi connectivity index (χ3v) is 3.14. The second-order valence-electron chi connectivity index (χ2n) is 4.88. The number of hydrogen-bond donors (Lipinski definition) is 2. The van der Waals surface area contributed by atoms with E-state index in [1.807, 2.05) is 26.0 Å². The Morgan fingerprint density at radius 3 is 2.65 bits per heavy atom. The summed E-state index contributed by atoms with van der Waals surface area (Å²) in [5.74, 6) is -0.516. The van der Waals surface area contributed by atoms with Gasteiger partial charge in [0, 0.05) is 11.4 Å². The zero-order valence-corrected chi connectivity index (χ0v) is 11.5. The lowest BCUT2D eigenvalue weighted by atomic mass is 10.1. The zero-order chi connectivity index (χ0) is 14.7. The number of rotatable bonds is 3. The molecule has 104 valence electrons. The van der Waals surface area contributed by atoms with Gasteiger partial charge >= 0.3 is 0 Å². The normalized spacial score (nSPS) is 10.3. The first-order valence-corrected chi connectivity index (χ1v) is 6.36. The van der Waals surface area contributed by atoms with Crippen molar-refractivity contribution in [3.8, 4) is 0 Å². The summed E-state index contributed by atoms with van der Waals surface area (Å²) in [7, 11) is 0. The lowest BCUT2D eigenvalue weighted by Crippen LogP contribution is -2.15. The fourth-order valence-corrected chi connectivity index (χ4v) is 2.00. The molecule has 0 heterocycles. The van der Waals surface area contributed by atoms with Crippen molar-refractivity contribution >= 4 is 17.3 Å². The van der Waals surface area contributed by atoms with Crippen LogP contribution in [0.4, 0.5) is 15.8 Å². The number of amides is 1. The van der Waals surface area contributed by atoms with Gasteiger partial charge in [0.05, 0.1) is 6.42 Å². The van der Waals surface area contributed by atoms with Crippen LogP contribution in [0.1, 0.15) is 16.7 Å². The van der Waals surface area contributed by atoms with Gasteiger partial charge < -0.3 is 11.1 Å². The number of benzene rings is 2. The maximum absolute atomic E-state index is 13.1. The van der Waals surface area contributed by atoms with Crippen LogP contribution in [-0.2, 0) is 11.2 Å². The number of nitrogens with one attached hydrogen (secondary N) is 1. The van der Waals surface area contributed by atoms with E-state index >= 15 is 0 Å². The van der Waals surface area contributed by atoms with E-state index < -0.39 is 0 Å². The molecule has 0 fully saturated rings. The highest BCUT2D eigenvalue weighted by molar-refractivity contribution is 5.93. The van der Waals surface area contributed by atoms with E-state index in [4.69, 9.17) is 5.73 Å². The van der Waals surface area contributed by atoms with Crippen molar-refractivity contribution in [2.75, 3.05) is 11.1 Å². The van der Waals surface area contributed by atoms with Crippen LogP contribution >= 0.6 is 0 Å². The molecule has 0 atom stereocenters. The van der Waals surface area contributed by atoms with Gasteiger partial charge in [-0.25, -0.2) is 4.39 Å². The maximum Gasteiger partial charge on any atom is 0.228 e. The molecule has 3 nitrogen and oxygen atoms in total. The van der Waals surface area contributed by atoms with Crippen molar-refractivity contribution in [2.45, 2.75) is 20.3 Å². The third-order valence-electron chi connectivity index (χ3n) is 3.14. The summed E-state index contributed by atoms with van der Waals surface area (Å²) in [6, 6.07) is 9.71. The van der Waals surface area contributed by atoms with Gasteiger partial charge in [0.15, 0.2) is 0 Å². The average Bonchev–Trinajstić information content (AvgIpc) is 2.36. The minimum atomic E-state index is -0.338. The number of hydrogen-bond acceptors (Lipinski definition) is 2. The topological polar surface area (TPSA) is 55.1 Å². The number of nitrogens with two attached hydrogens (primary N) is 1. The van der Waals surface area contributed by atoms with E-state index in [2.05, 4.69) is 5.32 Å². The summed E-state index contributed by atoms with van der Waals surface area (Å²) >= 11 is 0. The van der Waals surface area contributed by atoms with Crippen molar-refractivity contribution in [3.63, 3.8) is 0 Å². The van der Waals surface area contributed by atoms with Gasteiger partial charge in [0.1, 0.15) is 5.82 Å². The van der Waals surface area contributed by atoms with Crippen LogP contribution in [0.2, 0.25) is 0 Å². The fraction of sp³-hybridized carbons (Fsp3) is 0.188. The Kier molecular flexibility index (Phi) is 4.03. The van der Waals surface area contributed by atoms with Crippen molar-refractivity contribution in [2.24, 2.45) is 0 Å². The number of halogens is 1. The second kappa shape index (κ2) is 5.74. The fourth-order valence-electron chi connectivity index (χ4n) is 2.00. The summed E-state index contributed by atoms with van der Waals surface area (Å²) in [6.45, 7) is 3.77. The Hall–Kier alpha value is -2.36. The molecule has 0 aromatic heterocycles. The molecule has 0 saturated carbocycles. The van der Waals surface area contributed by atoms with E-state index in [0.29, 0.717) is 11.3 Å². The SMILES string of the molecule is Cc1cc(NC(=O)Cc2cccc(F)c2)c(C)cc1N. The Labute approximate surface area is 117 Å². The molecule has 0 aliphatic carbocycles. The largest absolute Gasteiger partial charge is 0.399 e. The number of carbonyl (C=O) groups is 1. The molecule has 0 aliphatic rings. The molecule has 1 amide bonds. The van der Waals surface area contributed by atoms with Gasteiger partial charge in [-0.2, -0.15) is 0 Å². The summed E-state index contributed by atoms with van der Waals surface area (Å²) < 4.78 is 13.1. The van der Waals surface area contributed by atoms with Gasteiger partial charge in [0.2, 0.25) is 5.91 Å². The predicted molar refractivity (Wildman–Crippen MR) is 79.1 cm³/mol. The number of nitrogen functional groups attached to an aromatic ring is 1. The van der Waals surface area contributed by atoms with Crippen LogP contribution in [0.25, 0.3) is 0 Å². The molecule has 2 aromatic carbocycles. The van der Waals surface area contributed by atoms with Gasteiger partial charge in [-0.15, -0.1) is 0 Å². The Bertz CT molecular complexity index is 653. The highest BCUT2D eigenvalue weighted by Gasteiger charge is 2.08. The highest BCUT2D eigenvalue weighted by Crippen LogP contribution is 2.22. The first-order valence-electron chi connectivity index (χ1n) is 6.36. The summed E-state index contributed by atoms with van der Waals surface area (Å²) in [6.07, 6.45) is 0.140. The summed E-state index contributed by atoms with van der Waals surface area (Å²) in [5.41, 5.74) is 9.70. The number of anilines is 2. The molecule has 0 bridgehead atoms. The number of aryl methyl sites for hydroxylation is 2.